The number of rotatable bonds is 19. The van der Waals surface area contributed by atoms with Crippen LogP contribution in [0.15, 0.2) is 48.6 Å². The summed E-state index contributed by atoms with van der Waals surface area (Å²) in [6, 6.07) is 13.2. The van der Waals surface area contributed by atoms with Gasteiger partial charge in [0.2, 0.25) is 0 Å². The number of benzene rings is 2. The normalized spacial score (nSPS) is 17.0. The molecule has 0 saturated heterocycles. The Hall–Kier alpha value is -2.67. The van der Waals surface area contributed by atoms with E-state index in [1.807, 2.05) is 6.07 Å². The van der Waals surface area contributed by atoms with Gasteiger partial charge >= 0.3 is 5.97 Å². The first-order chi connectivity index (χ1) is 21.3. The summed E-state index contributed by atoms with van der Waals surface area (Å²) in [7, 11) is 1.56. The molecule has 0 aromatic heterocycles. The van der Waals surface area contributed by atoms with Crippen molar-refractivity contribution in [3.63, 3.8) is 0 Å². The lowest BCUT2D eigenvalue weighted by Gasteiger charge is -2.29. The van der Waals surface area contributed by atoms with Crippen LogP contribution in [0.4, 0.5) is 0 Å². The van der Waals surface area contributed by atoms with Gasteiger partial charge in [-0.25, -0.2) is 4.79 Å². The standard InChI is InChI=1S/C38H56O6/c1-6-8-9-10-29-11-13-31(14-12-29)32-15-17-35(30(7-2)23-32)33-16-18-36(34(24-33)19-21-44-37(41)28(3)4)43-22-20-38(25-39,26-40)27-42-5/h15-18,23-24,29,31,39-40H,3,6-14,19-22,25-27H2,1-2,4-5H3. The highest BCUT2D eigenvalue weighted by Gasteiger charge is 2.29. The fourth-order valence-electron chi connectivity index (χ4n) is 6.42. The van der Waals surface area contributed by atoms with Crippen molar-refractivity contribution in [3.8, 4) is 16.9 Å². The molecule has 0 heterocycles. The van der Waals surface area contributed by atoms with Crippen molar-refractivity contribution in [3.05, 3.63) is 65.2 Å². The van der Waals surface area contributed by atoms with Gasteiger partial charge < -0.3 is 24.4 Å². The van der Waals surface area contributed by atoms with E-state index in [1.165, 1.54) is 68.1 Å². The number of ether oxygens (including phenoxy) is 3. The van der Waals surface area contributed by atoms with Crippen LogP contribution in [0.5, 0.6) is 5.75 Å². The molecule has 1 fully saturated rings. The summed E-state index contributed by atoms with van der Waals surface area (Å²) in [5, 5.41) is 19.8. The molecule has 3 rings (SSSR count). The van der Waals surface area contributed by atoms with Gasteiger partial charge in [-0.2, -0.15) is 0 Å². The van der Waals surface area contributed by atoms with Crippen LogP contribution in [0, 0.1) is 11.3 Å². The Kier molecular flexibility index (Phi) is 14.9. The molecule has 0 radical (unpaired) electrons. The van der Waals surface area contributed by atoms with Gasteiger partial charge in [-0.05, 0) is 97.2 Å². The molecule has 244 valence electrons. The number of carbonyl (C=O) groups is 1. The molecule has 1 aliphatic carbocycles. The van der Waals surface area contributed by atoms with Gasteiger partial charge in [0.05, 0.1) is 33.0 Å². The van der Waals surface area contributed by atoms with Crippen LogP contribution in [0.25, 0.3) is 11.1 Å². The predicted molar refractivity (Wildman–Crippen MR) is 178 cm³/mol. The molecule has 1 saturated carbocycles. The van der Waals surface area contributed by atoms with Crippen LogP contribution in [-0.4, -0.2) is 56.3 Å². The minimum atomic E-state index is -0.766. The summed E-state index contributed by atoms with van der Waals surface area (Å²) >= 11 is 0. The van der Waals surface area contributed by atoms with Crippen molar-refractivity contribution < 1.29 is 29.2 Å². The lowest BCUT2D eigenvalue weighted by molar-refractivity contribution is -0.138. The van der Waals surface area contributed by atoms with Crippen LogP contribution in [0.3, 0.4) is 0 Å². The van der Waals surface area contributed by atoms with E-state index in [0.29, 0.717) is 36.7 Å². The third-order valence-corrected chi connectivity index (χ3v) is 9.38. The summed E-state index contributed by atoms with van der Waals surface area (Å²) in [6.07, 6.45) is 12.6. The quantitative estimate of drug-likeness (QED) is 0.0961. The van der Waals surface area contributed by atoms with Crippen LogP contribution in [-0.2, 0) is 27.1 Å². The number of hydrogen-bond acceptors (Lipinski definition) is 6. The van der Waals surface area contributed by atoms with E-state index in [-0.39, 0.29) is 26.4 Å². The highest BCUT2D eigenvalue weighted by atomic mass is 16.5. The predicted octanol–water partition coefficient (Wildman–Crippen LogP) is 7.82. The Bertz CT molecular complexity index is 1180. The van der Waals surface area contributed by atoms with Gasteiger partial charge in [0, 0.05) is 24.5 Å². The number of aliphatic hydroxyl groups excluding tert-OH is 2. The van der Waals surface area contributed by atoms with Crippen LogP contribution < -0.4 is 4.74 Å². The number of aryl methyl sites for hydroxylation is 1. The number of aliphatic hydroxyl groups is 2. The van der Waals surface area contributed by atoms with Crippen LogP contribution in [0.2, 0.25) is 0 Å². The van der Waals surface area contributed by atoms with E-state index in [2.05, 4.69) is 50.8 Å². The molecule has 0 unspecified atom stereocenters. The molecule has 6 heteroatoms. The van der Waals surface area contributed by atoms with E-state index in [1.54, 1.807) is 14.0 Å². The molecular formula is C38H56O6. The molecule has 6 nitrogen and oxygen atoms in total. The van der Waals surface area contributed by atoms with Gasteiger partial charge in [0.1, 0.15) is 5.75 Å². The topological polar surface area (TPSA) is 85.2 Å². The maximum atomic E-state index is 12.0. The first-order valence-electron chi connectivity index (χ1n) is 16.7. The minimum Gasteiger partial charge on any atom is -0.493 e. The van der Waals surface area contributed by atoms with Crippen molar-refractivity contribution in [2.75, 3.05) is 40.1 Å². The van der Waals surface area contributed by atoms with Crippen molar-refractivity contribution in [2.24, 2.45) is 11.3 Å². The Morgan fingerprint density at radius 2 is 1.73 bits per heavy atom. The van der Waals surface area contributed by atoms with Crippen molar-refractivity contribution in [1.29, 1.82) is 0 Å². The zero-order valence-corrected chi connectivity index (χ0v) is 27.7. The number of hydrogen-bond donors (Lipinski definition) is 2. The first-order valence-corrected chi connectivity index (χ1v) is 16.7. The van der Waals surface area contributed by atoms with E-state index >= 15 is 0 Å². The Labute approximate surface area is 265 Å². The van der Waals surface area contributed by atoms with Gasteiger partial charge in [0.25, 0.3) is 0 Å². The highest BCUT2D eigenvalue weighted by molar-refractivity contribution is 5.86. The van der Waals surface area contributed by atoms with E-state index in [4.69, 9.17) is 14.2 Å². The average Bonchev–Trinajstić information content (AvgIpc) is 3.05. The Morgan fingerprint density at radius 3 is 2.36 bits per heavy atom. The van der Waals surface area contributed by atoms with E-state index in [9.17, 15) is 15.0 Å². The fourth-order valence-corrected chi connectivity index (χ4v) is 6.42. The Morgan fingerprint density at radius 1 is 0.977 bits per heavy atom. The second-order valence-corrected chi connectivity index (χ2v) is 12.8. The third kappa shape index (κ3) is 10.2. The van der Waals surface area contributed by atoms with Crippen molar-refractivity contribution >= 4 is 5.97 Å². The van der Waals surface area contributed by atoms with E-state index in [0.717, 1.165) is 23.5 Å². The van der Waals surface area contributed by atoms with Gasteiger partial charge in [-0.1, -0.05) is 70.4 Å². The monoisotopic (exact) mass is 608 g/mol. The van der Waals surface area contributed by atoms with Gasteiger partial charge in [0.15, 0.2) is 0 Å². The number of unbranched alkanes of at least 4 members (excludes halogenated alkanes) is 2. The maximum absolute atomic E-state index is 12.0. The summed E-state index contributed by atoms with van der Waals surface area (Å²) < 4.78 is 16.9. The molecule has 0 amide bonds. The first kappa shape index (κ1) is 35.8. The lowest BCUT2D eigenvalue weighted by atomic mass is 9.76. The largest absolute Gasteiger partial charge is 0.493 e. The van der Waals surface area contributed by atoms with Crippen LogP contribution >= 0.6 is 0 Å². The molecule has 0 spiro atoms. The maximum Gasteiger partial charge on any atom is 0.333 e. The zero-order valence-electron chi connectivity index (χ0n) is 27.7. The second-order valence-electron chi connectivity index (χ2n) is 12.8. The summed E-state index contributed by atoms with van der Waals surface area (Å²) in [4.78, 5) is 12.0. The second kappa shape index (κ2) is 18.3. The SMILES string of the molecule is C=C(C)C(=O)OCCc1cc(-c2ccc(C3CCC(CCCCC)CC3)cc2CC)ccc1OCCC(CO)(CO)COC. The Balaban J connectivity index is 1.78. The molecule has 0 atom stereocenters. The molecular weight excluding hydrogens is 552 g/mol. The molecule has 2 N–H and O–H groups in total. The number of methoxy groups -OCH3 is 1. The zero-order chi connectivity index (χ0) is 32.0. The molecule has 2 aromatic rings. The van der Waals surface area contributed by atoms with E-state index < -0.39 is 11.4 Å². The summed E-state index contributed by atoms with van der Waals surface area (Å²) in [5.41, 5.74) is 5.69. The molecule has 44 heavy (non-hydrogen) atoms. The van der Waals surface area contributed by atoms with Gasteiger partial charge in [-0.3, -0.25) is 0 Å². The smallest absolute Gasteiger partial charge is 0.333 e. The lowest BCUT2D eigenvalue weighted by Crippen LogP contribution is -2.36. The number of esters is 1. The molecule has 2 aromatic carbocycles. The molecule has 0 bridgehead atoms. The number of carbonyl (C=O) groups excluding carboxylic acids is 1. The fraction of sp³-hybridized carbons (Fsp3) is 0.605. The van der Waals surface area contributed by atoms with Crippen molar-refractivity contribution in [1.82, 2.24) is 0 Å². The van der Waals surface area contributed by atoms with Crippen LogP contribution in [0.1, 0.15) is 101 Å². The summed E-state index contributed by atoms with van der Waals surface area (Å²) in [6.45, 7) is 10.2. The van der Waals surface area contributed by atoms with Gasteiger partial charge in [-0.15, -0.1) is 0 Å². The molecule has 1 aliphatic rings. The summed E-state index contributed by atoms with van der Waals surface area (Å²) in [5.74, 6) is 1.85. The van der Waals surface area contributed by atoms with Crippen molar-refractivity contribution in [2.45, 2.75) is 97.3 Å². The minimum absolute atomic E-state index is 0.195. The highest BCUT2D eigenvalue weighted by Crippen LogP contribution is 2.40. The molecule has 0 aliphatic heterocycles. The third-order valence-electron chi connectivity index (χ3n) is 9.38. The average molecular weight is 609 g/mol.